The first-order valence-electron chi connectivity index (χ1n) is 5.87. The number of rotatable bonds is 3. The summed E-state index contributed by atoms with van der Waals surface area (Å²) < 4.78 is 28.2. The Hall–Kier alpha value is -1.83. The van der Waals surface area contributed by atoms with Crippen LogP contribution < -0.4 is 10.5 Å². The van der Waals surface area contributed by atoms with Crippen LogP contribution in [0.4, 0.5) is 11.4 Å². The average Bonchev–Trinajstić information content (AvgIpc) is 2.88. The molecule has 0 saturated heterocycles. The molecule has 2 aromatic carbocycles. The lowest BCUT2D eigenvalue weighted by Gasteiger charge is -2.10. The molecule has 0 atom stereocenters. The second-order valence-electron chi connectivity index (χ2n) is 4.33. The van der Waals surface area contributed by atoms with Gasteiger partial charge in [0, 0.05) is 5.69 Å². The lowest BCUT2D eigenvalue weighted by atomic mass is 10.3. The van der Waals surface area contributed by atoms with Gasteiger partial charge in [-0.25, -0.2) is 13.4 Å². The molecule has 0 fully saturated rings. The molecule has 21 heavy (non-hydrogen) atoms. The number of sulfonamides is 1. The zero-order valence-corrected chi connectivity index (χ0v) is 13.0. The fourth-order valence-electron chi connectivity index (χ4n) is 1.85. The number of thiazole rings is 1. The second-order valence-corrected chi connectivity index (χ2v) is 7.27. The van der Waals surface area contributed by atoms with E-state index in [1.54, 1.807) is 29.8 Å². The van der Waals surface area contributed by atoms with E-state index < -0.39 is 10.0 Å². The van der Waals surface area contributed by atoms with E-state index in [1.165, 1.54) is 23.5 Å². The normalized spacial score (nSPS) is 11.7. The number of benzene rings is 2. The van der Waals surface area contributed by atoms with Crippen molar-refractivity contribution in [2.75, 3.05) is 10.5 Å². The monoisotopic (exact) mass is 339 g/mol. The number of aromatic nitrogens is 1. The van der Waals surface area contributed by atoms with Crippen molar-refractivity contribution in [2.24, 2.45) is 0 Å². The summed E-state index contributed by atoms with van der Waals surface area (Å²) in [5.41, 5.74) is 8.93. The predicted octanol–water partition coefficient (Wildman–Crippen LogP) is 3.33. The van der Waals surface area contributed by atoms with Gasteiger partial charge in [0.15, 0.2) is 0 Å². The third-order valence-corrected chi connectivity index (χ3v) is 5.48. The quantitative estimate of drug-likeness (QED) is 0.717. The van der Waals surface area contributed by atoms with E-state index in [0.29, 0.717) is 11.4 Å². The fourth-order valence-corrected chi connectivity index (χ4v) is 4.16. The van der Waals surface area contributed by atoms with Crippen molar-refractivity contribution in [3.8, 4) is 0 Å². The summed E-state index contributed by atoms with van der Waals surface area (Å²) in [5, 5.41) is 0.121. The minimum atomic E-state index is -3.80. The Morgan fingerprint density at radius 3 is 2.81 bits per heavy atom. The molecule has 0 radical (unpaired) electrons. The maximum Gasteiger partial charge on any atom is 0.263 e. The van der Waals surface area contributed by atoms with E-state index in [9.17, 15) is 8.42 Å². The highest BCUT2D eigenvalue weighted by atomic mass is 35.5. The smallest absolute Gasteiger partial charge is 0.263 e. The zero-order valence-electron chi connectivity index (χ0n) is 10.6. The number of hydrogen-bond acceptors (Lipinski definition) is 5. The topological polar surface area (TPSA) is 85.1 Å². The third-order valence-electron chi connectivity index (χ3n) is 2.83. The van der Waals surface area contributed by atoms with Crippen molar-refractivity contribution < 1.29 is 8.42 Å². The molecule has 1 aromatic heterocycles. The van der Waals surface area contributed by atoms with Crippen LogP contribution in [-0.4, -0.2) is 13.4 Å². The van der Waals surface area contributed by atoms with Crippen LogP contribution in [-0.2, 0) is 10.0 Å². The molecule has 0 aliphatic rings. The van der Waals surface area contributed by atoms with Crippen LogP contribution in [0.1, 0.15) is 0 Å². The number of hydrogen-bond donors (Lipinski definition) is 2. The number of nitrogens with zero attached hydrogens (tertiary/aromatic N) is 1. The van der Waals surface area contributed by atoms with Crippen LogP contribution in [0, 0.1) is 0 Å². The molecule has 0 aliphatic carbocycles. The third kappa shape index (κ3) is 2.80. The summed E-state index contributed by atoms with van der Waals surface area (Å²) >= 11 is 7.38. The molecule has 0 saturated carbocycles. The van der Waals surface area contributed by atoms with E-state index >= 15 is 0 Å². The van der Waals surface area contributed by atoms with Gasteiger partial charge in [0.2, 0.25) is 0 Å². The first kappa shape index (κ1) is 14.1. The number of nitrogen functional groups attached to an aromatic ring is 1. The van der Waals surface area contributed by atoms with Crippen molar-refractivity contribution >= 4 is 54.6 Å². The van der Waals surface area contributed by atoms with Gasteiger partial charge in [0.25, 0.3) is 10.0 Å². The Kier molecular flexibility index (Phi) is 3.48. The van der Waals surface area contributed by atoms with Crippen molar-refractivity contribution in [3.05, 3.63) is 46.9 Å². The molecular formula is C13H10ClN3O2S2. The summed E-state index contributed by atoms with van der Waals surface area (Å²) in [6.45, 7) is 0. The van der Waals surface area contributed by atoms with Gasteiger partial charge >= 0.3 is 0 Å². The Bertz CT molecular complexity index is 922. The number of nitrogens with two attached hydrogens (primary N) is 1. The van der Waals surface area contributed by atoms with E-state index in [0.717, 1.165) is 10.2 Å². The molecule has 8 heteroatoms. The van der Waals surface area contributed by atoms with Crippen molar-refractivity contribution in [3.63, 3.8) is 0 Å². The van der Waals surface area contributed by atoms with Gasteiger partial charge in [-0.3, -0.25) is 4.72 Å². The van der Waals surface area contributed by atoms with Crippen molar-refractivity contribution in [2.45, 2.75) is 4.90 Å². The predicted molar refractivity (Wildman–Crippen MR) is 86.3 cm³/mol. The molecule has 1 heterocycles. The van der Waals surface area contributed by atoms with E-state index in [1.807, 2.05) is 0 Å². The summed E-state index contributed by atoms with van der Waals surface area (Å²) in [7, 11) is -3.80. The highest BCUT2D eigenvalue weighted by molar-refractivity contribution is 7.92. The standard InChI is InChI=1S/C13H10ClN3O2S2/c14-10-3-1-8(15)5-13(10)21(18,19)17-9-2-4-11-12(6-9)20-7-16-11/h1-7,17H,15H2. The number of anilines is 2. The van der Waals surface area contributed by atoms with Crippen molar-refractivity contribution in [1.29, 1.82) is 0 Å². The Morgan fingerprint density at radius 1 is 1.19 bits per heavy atom. The highest BCUT2D eigenvalue weighted by Gasteiger charge is 2.18. The van der Waals surface area contributed by atoms with Gasteiger partial charge in [-0.1, -0.05) is 11.6 Å². The van der Waals surface area contributed by atoms with E-state index in [4.69, 9.17) is 17.3 Å². The summed E-state index contributed by atoms with van der Waals surface area (Å²) in [6, 6.07) is 9.47. The lowest BCUT2D eigenvalue weighted by Crippen LogP contribution is -2.13. The molecular weight excluding hydrogens is 330 g/mol. The molecule has 0 spiro atoms. The minimum absolute atomic E-state index is 0.0476. The van der Waals surface area contributed by atoms with Crippen LogP contribution in [0.15, 0.2) is 46.8 Å². The minimum Gasteiger partial charge on any atom is -0.399 e. The summed E-state index contributed by atoms with van der Waals surface area (Å²) in [6.07, 6.45) is 0. The number of fused-ring (bicyclic) bond motifs is 1. The van der Waals surface area contributed by atoms with Gasteiger partial charge < -0.3 is 5.73 Å². The highest BCUT2D eigenvalue weighted by Crippen LogP contribution is 2.27. The molecule has 3 aromatic rings. The zero-order chi connectivity index (χ0) is 15.0. The van der Waals surface area contributed by atoms with Gasteiger partial charge in [-0.15, -0.1) is 11.3 Å². The molecule has 0 aliphatic heterocycles. The molecule has 0 bridgehead atoms. The van der Waals surface area contributed by atoms with Crippen LogP contribution >= 0.6 is 22.9 Å². The van der Waals surface area contributed by atoms with Gasteiger partial charge in [-0.2, -0.15) is 0 Å². The molecule has 0 unspecified atom stereocenters. The molecule has 108 valence electrons. The fraction of sp³-hybridized carbons (Fsp3) is 0. The van der Waals surface area contributed by atoms with E-state index in [2.05, 4.69) is 9.71 Å². The lowest BCUT2D eigenvalue weighted by molar-refractivity contribution is 0.601. The van der Waals surface area contributed by atoms with E-state index in [-0.39, 0.29) is 9.92 Å². The summed E-state index contributed by atoms with van der Waals surface area (Å²) in [5.74, 6) is 0. The SMILES string of the molecule is Nc1ccc(Cl)c(S(=O)(=O)Nc2ccc3ncsc3c2)c1. The van der Waals surface area contributed by atoms with Gasteiger partial charge in [-0.05, 0) is 36.4 Å². The largest absolute Gasteiger partial charge is 0.399 e. The first-order valence-corrected chi connectivity index (χ1v) is 8.61. The first-order chi connectivity index (χ1) is 9.95. The molecule has 3 N–H and O–H groups in total. The van der Waals surface area contributed by atoms with Gasteiger partial charge in [0.1, 0.15) is 4.90 Å². The second kappa shape index (κ2) is 5.18. The number of nitrogens with one attached hydrogen (secondary N) is 1. The number of halogens is 1. The Morgan fingerprint density at radius 2 is 2.00 bits per heavy atom. The van der Waals surface area contributed by atoms with Crippen molar-refractivity contribution in [1.82, 2.24) is 4.98 Å². The maximum absolute atomic E-state index is 12.4. The Balaban J connectivity index is 2.00. The molecule has 3 rings (SSSR count). The van der Waals surface area contributed by atoms with Crippen LogP contribution in [0.25, 0.3) is 10.2 Å². The average molecular weight is 340 g/mol. The Labute approximate surface area is 130 Å². The summed E-state index contributed by atoms with van der Waals surface area (Å²) in [4.78, 5) is 4.10. The van der Waals surface area contributed by atoms with Crippen LogP contribution in [0.3, 0.4) is 0 Å². The maximum atomic E-state index is 12.4. The van der Waals surface area contributed by atoms with Gasteiger partial charge in [0.05, 0.1) is 26.4 Å². The van der Waals surface area contributed by atoms with Crippen LogP contribution in [0.2, 0.25) is 5.02 Å². The molecule has 5 nitrogen and oxygen atoms in total. The molecule has 0 amide bonds. The van der Waals surface area contributed by atoms with Crippen LogP contribution in [0.5, 0.6) is 0 Å².